The number of hydrogen-bond acceptors (Lipinski definition) is 3. The molecule has 1 aromatic carbocycles. The lowest BCUT2D eigenvalue weighted by Crippen LogP contribution is -2.18. The quantitative estimate of drug-likeness (QED) is 0.815. The van der Waals surface area contributed by atoms with Crippen LogP contribution in [0.4, 0.5) is 24.5 Å². The van der Waals surface area contributed by atoms with Crippen LogP contribution < -0.4 is 11.1 Å². The van der Waals surface area contributed by atoms with E-state index in [0.717, 1.165) is 0 Å². The first-order valence-corrected chi connectivity index (χ1v) is 5.13. The molecule has 0 saturated heterocycles. The van der Waals surface area contributed by atoms with Gasteiger partial charge in [-0.2, -0.15) is 5.10 Å². The van der Waals surface area contributed by atoms with Crippen molar-refractivity contribution in [3.05, 3.63) is 41.5 Å². The monoisotopic (exact) mass is 270 g/mol. The van der Waals surface area contributed by atoms with Crippen LogP contribution in [0.25, 0.3) is 0 Å². The average molecular weight is 270 g/mol. The molecule has 3 N–H and O–H groups in total. The van der Waals surface area contributed by atoms with E-state index in [0.29, 0.717) is 12.1 Å². The molecule has 1 aromatic heterocycles. The minimum atomic E-state index is -1.34. The normalized spacial score (nSPS) is 10.5. The molecule has 0 saturated carbocycles. The van der Waals surface area contributed by atoms with Crippen molar-refractivity contribution < 1.29 is 18.0 Å². The first kappa shape index (κ1) is 12.9. The lowest BCUT2D eigenvalue weighted by molar-refractivity contribution is 0.101. The highest BCUT2D eigenvalue weighted by Crippen LogP contribution is 2.20. The molecule has 0 aliphatic carbocycles. The summed E-state index contributed by atoms with van der Waals surface area (Å²) in [4.78, 5) is 11.8. The number of amides is 1. The van der Waals surface area contributed by atoms with Crippen molar-refractivity contribution >= 4 is 17.3 Å². The van der Waals surface area contributed by atoms with Crippen molar-refractivity contribution in [2.24, 2.45) is 7.05 Å². The lowest BCUT2D eigenvalue weighted by Gasteiger charge is -2.07. The molecular formula is C11H9F3N4O. The number of halogens is 3. The van der Waals surface area contributed by atoms with Crippen molar-refractivity contribution in [1.29, 1.82) is 0 Å². The molecule has 2 aromatic rings. The Kier molecular flexibility index (Phi) is 3.16. The first-order chi connectivity index (χ1) is 8.90. The fraction of sp³-hybridized carbons (Fsp3) is 0.0909. The Labute approximate surface area is 105 Å². The molecule has 0 aliphatic heterocycles. The minimum absolute atomic E-state index is 0.0101. The van der Waals surface area contributed by atoms with Crippen LogP contribution in [0.1, 0.15) is 10.5 Å². The Bertz CT molecular complexity index is 634. The third-order valence-electron chi connectivity index (χ3n) is 2.44. The number of aromatic nitrogens is 2. The minimum Gasteiger partial charge on any atom is -0.396 e. The SMILES string of the molecule is Cn1ncc(N)c1C(=O)Nc1cc(F)c(F)cc1F. The Balaban J connectivity index is 2.32. The molecule has 19 heavy (non-hydrogen) atoms. The van der Waals surface area contributed by atoms with Gasteiger partial charge >= 0.3 is 0 Å². The van der Waals surface area contributed by atoms with E-state index in [1.807, 2.05) is 0 Å². The third kappa shape index (κ3) is 2.37. The van der Waals surface area contributed by atoms with Crippen molar-refractivity contribution in [1.82, 2.24) is 9.78 Å². The first-order valence-electron chi connectivity index (χ1n) is 5.13. The Morgan fingerprint density at radius 3 is 2.47 bits per heavy atom. The number of nitrogens with zero attached hydrogens (tertiary/aromatic N) is 2. The van der Waals surface area contributed by atoms with E-state index in [9.17, 15) is 18.0 Å². The molecule has 0 spiro atoms. The molecule has 100 valence electrons. The van der Waals surface area contributed by atoms with Crippen LogP contribution in [0.3, 0.4) is 0 Å². The van der Waals surface area contributed by atoms with Crippen molar-refractivity contribution in [3.8, 4) is 0 Å². The van der Waals surface area contributed by atoms with Gasteiger partial charge in [0, 0.05) is 19.2 Å². The summed E-state index contributed by atoms with van der Waals surface area (Å²) in [6.07, 6.45) is 1.25. The number of carbonyl (C=O) groups is 1. The third-order valence-corrected chi connectivity index (χ3v) is 2.44. The van der Waals surface area contributed by atoms with Crippen molar-refractivity contribution in [2.75, 3.05) is 11.1 Å². The Morgan fingerprint density at radius 2 is 1.89 bits per heavy atom. The molecule has 0 unspecified atom stereocenters. The van der Waals surface area contributed by atoms with Crippen LogP contribution in [0.15, 0.2) is 18.3 Å². The molecule has 8 heteroatoms. The topological polar surface area (TPSA) is 72.9 Å². The van der Waals surface area contributed by atoms with Gasteiger partial charge in [-0.15, -0.1) is 0 Å². The van der Waals surface area contributed by atoms with Crippen LogP contribution in [0.5, 0.6) is 0 Å². The number of aryl methyl sites for hydroxylation is 1. The van der Waals surface area contributed by atoms with Gasteiger partial charge in [0.15, 0.2) is 11.6 Å². The van der Waals surface area contributed by atoms with E-state index in [1.165, 1.54) is 17.9 Å². The van der Waals surface area contributed by atoms with Crippen molar-refractivity contribution in [2.45, 2.75) is 0 Å². The summed E-state index contributed by atoms with van der Waals surface area (Å²) < 4.78 is 40.3. The summed E-state index contributed by atoms with van der Waals surface area (Å²) in [7, 11) is 1.47. The van der Waals surface area contributed by atoms with Crippen LogP contribution >= 0.6 is 0 Å². The second kappa shape index (κ2) is 4.63. The number of benzene rings is 1. The molecule has 5 nitrogen and oxygen atoms in total. The van der Waals surface area contributed by atoms with Crippen molar-refractivity contribution in [3.63, 3.8) is 0 Å². The van der Waals surface area contributed by atoms with Gasteiger partial charge in [-0.25, -0.2) is 13.2 Å². The standard InChI is InChI=1S/C11H9F3N4O/c1-18-10(8(15)4-16-18)11(19)17-9-3-6(13)5(12)2-7(9)14/h2-4H,15H2,1H3,(H,17,19). The summed E-state index contributed by atoms with van der Waals surface area (Å²) in [5.41, 5.74) is 5.11. The number of carbonyl (C=O) groups excluding carboxylic acids is 1. The van der Waals surface area contributed by atoms with E-state index in [4.69, 9.17) is 5.73 Å². The van der Waals surface area contributed by atoms with E-state index in [-0.39, 0.29) is 11.4 Å². The number of hydrogen-bond donors (Lipinski definition) is 2. The van der Waals surface area contributed by atoms with Crippen LogP contribution in [-0.2, 0) is 7.05 Å². The summed E-state index contributed by atoms with van der Waals surface area (Å²) >= 11 is 0. The predicted molar refractivity (Wildman–Crippen MR) is 61.9 cm³/mol. The van der Waals surface area contributed by atoms with Gasteiger partial charge in [-0.05, 0) is 0 Å². The molecule has 0 atom stereocenters. The highest BCUT2D eigenvalue weighted by atomic mass is 19.2. The largest absolute Gasteiger partial charge is 0.396 e. The number of rotatable bonds is 2. The zero-order chi connectivity index (χ0) is 14.2. The molecule has 2 rings (SSSR count). The highest BCUT2D eigenvalue weighted by Gasteiger charge is 2.18. The van der Waals surface area contributed by atoms with Gasteiger partial charge in [-0.1, -0.05) is 0 Å². The van der Waals surface area contributed by atoms with E-state index >= 15 is 0 Å². The molecule has 0 radical (unpaired) electrons. The van der Waals surface area contributed by atoms with Gasteiger partial charge in [0.2, 0.25) is 0 Å². The molecule has 1 amide bonds. The van der Waals surface area contributed by atoms with Crippen LogP contribution in [0.2, 0.25) is 0 Å². The fourth-order valence-corrected chi connectivity index (χ4v) is 1.53. The van der Waals surface area contributed by atoms with E-state index in [2.05, 4.69) is 10.4 Å². The smallest absolute Gasteiger partial charge is 0.276 e. The number of anilines is 2. The molecule has 1 heterocycles. The fourth-order valence-electron chi connectivity index (χ4n) is 1.53. The van der Waals surface area contributed by atoms with Gasteiger partial charge in [-0.3, -0.25) is 9.48 Å². The maximum absolute atomic E-state index is 13.4. The summed E-state index contributed by atoms with van der Waals surface area (Å²) in [6.45, 7) is 0. The molecule has 0 aliphatic rings. The summed E-state index contributed by atoms with van der Waals surface area (Å²) in [5, 5.41) is 5.84. The van der Waals surface area contributed by atoms with Crippen LogP contribution in [0, 0.1) is 17.5 Å². The number of nitrogens with one attached hydrogen (secondary N) is 1. The highest BCUT2D eigenvalue weighted by molar-refractivity contribution is 6.06. The van der Waals surface area contributed by atoms with Gasteiger partial charge in [0.25, 0.3) is 5.91 Å². The van der Waals surface area contributed by atoms with Gasteiger partial charge in [0.1, 0.15) is 11.5 Å². The Hall–Kier alpha value is -2.51. The maximum atomic E-state index is 13.4. The second-order valence-corrected chi connectivity index (χ2v) is 3.77. The number of nitrogens with two attached hydrogens (primary N) is 1. The zero-order valence-corrected chi connectivity index (χ0v) is 9.75. The lowest BCUT2D eigenvalue weighted by atomic mass is 10.2. The summed E-state index contributed by atoms with van der Waals surface area (Å²) in [6, 6.07) is 0.896. The molecule has 0 bridgehead atoms. The zero-order valence-electron chi connectivity index (χ0n) is 9.75. The molecular weight excluding hydrogens is 261 g/mol. The van der Waals surface area contributed by atoms with Gasteiger partial charge in [0.05, 0.1) is 17.6 Å². The summed E-state index contributed by atoms with van der Waals surface area (Å²) in [5.74, 6) is -4.47. The predicted octanol–water partition coefficient (Wildman–Crippen LogP) is 1.67. The number of nitrogen functional groups attached to an aromatic ring is 1. The van der Waals surface area contributed by atoms with E-state index < -0.39 is 29.0 Å². The Morgan fingerprint density at radius 1 is 1.26 bits per heavy atom. The van der Waals surface area contributed by atoms with Crippen LogP contribution in [-0.4, -0.2) is 15.7 Å². The maximum Gasteiger partial charge on any atom is 0.276 e. The van der Waals surface area contributed by atoms with E-state index in [1.54, 1.807) is 0 Å². The second-order valence-electron chi connectivity index (χ2n) is 3.77. The average Bonchev–Trinajstić information content (AvgIpc) is 2.66. The molecule has 0 fully saturated rings. The van der Waals surface area contributed by atoms with Gasteiger partial charge < -0.3 is 11.1 Å².